The van der Waals surface area contributed by atoms with Gasteiger partial charge in [0.15, 0.2) is 0 Å². The third kappa shape index (κ3) is 3.58. The van der Waals surface area contributed by atoms with E-state index >= 15 is 0 Å². The number of nitrogens with two attached hydrogens (primary N) is 1. The van der Waals surface area contributed by atoms with Gasteiger partial charge in [0.2, 0.25) is 0 Å². The second-order valence-electron chi connectivity index (χ2n) is 5.53. The van der Waals surface area contributed by atoms with E-state index in [9.17, 15) is 0 Å². The summed E-state index contributed by atoms with van der Waals surface area (Å²) in [5.74, 6) is 1.56. The largest absolute Gasteiger partial charge is 0.327 e. The summed E-state index contributed by atoms with van der Waals surface area (Å²) in [5, 5.41) is 0. The van der Waals surface area contributed by atoms with Crippen molar-refractivity contribution in [2.45, 2.75) is 52.6 Å². The normalized spacial score (nSPS) is 32.1. The Morgan fingerprint density at radius 2 is 1.93 bits per heavy atom. The van der Waals surface area contributed by atoms with E-state index in [1.54, 1.807) is 0 Å². The lowest BCUT2D eigenvalue weighted by Crippen LogP contribution is -2.50. The lowest BCUT2D eigenvalue weighted by molar-refractivity contribution is 0.112. The molecule has 2 heteroatoms. The predicted octanol–water partition coefficient (Wildman–Crippen LogP) is 2.09. The van der Waals surface area contributed by atoms with E-state index in [4.69, 9.17) is 5.73 Å². The van der Waals surface area contributed by atoms with Crippen LogP contribution in [0.2, 0.25) is 0 Å². The Kier molecular flexibility index (Phi) is 4.39. The van der Waals surface area contributed by atoms with E-state index in [-0.39, 0.29) is 0 Å². The van der Waals surface area contributed by atoms with E-state index < -0.39 is 0 Å². The van der Waals surface area contributed by atoms with Crippen LogP contribution < -0.4 is 5.73 Å². The summed E-state index contributed by atoms with van der Waals surface area (Å²) in [6.45, 7) is 11.6. The van der Waals surface area contributed by atoms with Crippen molar-refractivity contribution in [3.63, 3.8) is 0 Å². The van der Waals surface area contributed by atoms with Gasteiger partial charge in [0.1, 0.15) is 0 Å². The van der Waals surface area contributed by atoms with Crippen LogP contribution in [0.15, 0.2) is 0 Å². The highest BCUT2D eigenvalue weighted by Crippen LogP contribution is 2.20. The van der Waals surface area contributed by atoms with Gasteiger partial charge in [-0.25, -0.2) is 0 Å². The highest BCUT2D eigenvalue weighted by molar-refractivity contribution is 4.82. The molecule has 0 saturated carbocycles. The lowest BCUT2D eigenvalue weighted by atomic mass is 9.93. The Labute approximate surface area is 88.8 Å². The fraction of sp³-hybridized carbons (Fsp3) is 1.00. The Balaban J connectivity index is 2.42. The van der Waals surface area contributed by atoms with Crippen LogP contribution in [0.5, 0.6) is 0 Å². The minimum Gasteiger partial charge on any atom is -0.327 e. The molecule has 84 valence electrons. The molecule has 1 saturated heterocycles. The monoisotopic (exact) mass is 198 g/mol. The smallest absolute Gasteiger partial charge is 0.0170 e. The third-order valence-electron chi connectivity index (χ3n) is 3.16. The zero-order chi connectivity index (χ0) is 10.7. The summed E-state index contributed by atoms with van der Waals surface area (Å²) in [6, 6.07) is 1.09. The molecule has 1 aliphatic rings. The highest BCUT2D eigenvalue weighted by atomic mass is 15.2. The molecule has 1 rings (SSSR count). The van der Waals surface area contributed by atoms with Gasteiger partial charge < -0.3 is 5.73 Å². The number of nitrogens with zero attached hydrogens (tertiary/aromatic N) is 1. The van der Waals surface area contributed by atoms with Crippen LogP contribution in [0.25, 0.3) is 0 Å². The fourth-order valence-electron chi connectivity index (χ4n) is 2.63. The van der Waals surface area contributed by atoms with Crippen molar-refractivity contribution in [1.82, 2.24) is 4.90 Å². The predicted molar refractivity (Wildman–Crippen MR) is 62.2 cm³/mol. The van der Waals surface area contributed by atoms with Gasteiger partial charge in [-0.1, -0.05) is 20.8 Å². The van der Waals surface area contributed by atoms with Gasteiger partial charge in [-0.05, 0) is 31.6 Å². The standard InChI is InChI=1S/C12H26N2/c1-9(2)5-11(4)14-7-10(3)6-12(13)8-14/h9-12H,5-8,13H2,1-4H3. The van der Waals surface area contributed by atoms with Crippen molar-refractivity contribution in [1.29, 1.82) is 0 Å². The number of hydrogen-bond donors (Lipinski definition) is 1. The first-order chi connectivity index (χ1) is 6.49. The van der Waals surface area contributed by atoms with Crippen LogP contribution in [-0.4, -0.2) is 30.1 Å². The molecule has 0 aromatic rings. The SMILES string of the molecule is CC(C)CC(C)N1CC(C)CC(N)C1. The third-order valence-corrected chi connectivity index (χ3v) is 3.16. The van der Waals surface area contributed by atoms with Gasteiger partial charge in [-0.15, -0.1) is 0 Å². The van der Waals surface area contributed by atoms with Crippen molar-refractivity contribution in [3.05, 3.63) is 0 Å². The molecule has 0 aliphatic carbocycles. The van der Waals surface area contributed by atoms with Crippen molar-refractivity contribution >= 4 is 0 Å². The molecule has 14 heavy (non-hydrogen) atoms. The Morgan fingerprint density at radius 1 is 1.29 bits per heavy atom. The summed E-state index contributed by atoms with van der Waals surface area (Å²) in [5.41, 5.74) is 6.04. The fourth-order valence-corrected chi connectivity index (χ4v) is 2.63. The van der Waals surface area contributed by atoms with Crippen LogP contribution in [-0.2, 0) is 0 Å². The van der Waals surface area contributed by atoms with Crippen molar-refractivity contribution in [3.8, 4) is 0 Å². The molecular formula is C12H26N2. The van der Waals surface area contributed by atoms with Crippen LogP contribution in [0.3, 0.4) is 0 Å². The molecule has 0 spiro atoms. The number of hydrogen-bond acceptors (Lipinski definition) is 2. The van der Waals surface area contributed by atoms with Gasteiger partial charge in [-0.3, -0.25) is 4.90 Å². The Morgan fingerprint density at radius 3 is 2.43 bits per heavy atom. The second kappa shape index (κ2) is 5.13. The van der Waals surface area contributed by atoms with Crippen molar-refractivity contribution in [2.24, 2.45) is 17.6 Å². The topological polar surface area (TPSA) is 29.3 Å². The van der Waals surface area contributed by atoms with Gasteiger partial charge in [-0.2, -0.15) is 0 Å². The summed E-state index contributed by atoms with van der Waals surface area (Å²) in [6.07, 6.45) is 2.49. The first-order valence-corrected chi connectivity index (χ1v) is 5.98. The second-order valence-corrected chi connectivity index (χ2v) is 5.53. The molecule has 0 aromatic carbocycles. The molecule has 0 bridgehead atoms. The van der Waals surface area contributed by atoms with Crippen LogP contribution in [0, 0.1) is 11.8 Å². The number of piperidine rings is 1. The number of likely N-dealkylation sites (tertiary alicyclic amines) is 1. The summed E-state index contributed by atoms with van der Waals surface area (Å²) >= 11 is 0. The van der Waals surface area contributed by atoms with Gasteiger partial charge in [0.25, 0.3) is 0 Å². The Hall–Kier alpha value is -0.0800. The summed E-state index contributed by atoms with van der Waals surface area (Å²) in [4.78, 5) is 2.57. The van der Waals surface area contributed by atoms with E-state index in [1.807, 2.05) is 0 Å². The summed E-state index contributed by atoms with van der Waals surface area (Å²) < 4.78 is 0. The molecule has 3 atom stereocenters. The van der Waals surface area contributed by atoms with Gasteiger partial charge in [0.05, 0.1) is 0 Å². The molecule has 1 aliphatic heterocycles. The zero-order valence-electron chi connectivity index (χ0n) is 10.2. The highest BCUT2D eigenvalue weighted by Gasteiger charge is 2.25. The molecular weight excluding hydrogens is 172 g/mol. The van der Waals surface area contributed by atoms with Crippen LogP contribution in [0.1, 0.15) is 40.5 Å². The number of rotatable bonds is 3. The van der Waals surface area contributed by atoms with E-state index in [0.29, 0.717) is 12.1 Å². The van der Waals surface area contributed by atoms with E-state index in [0.717, 1.165) is 18.4 Å². The maximum Gasteiger partial charge on any atom is 0.0170 e. The van der Waals surface area contributed by atoms with Gasteiger partial charge >= 0.3 is 0 Å². The molecule has 2 nitrogen and oxygen atoms in total. The van der Waals surface area contributed by atoms with Crippen molar-refractivity contribution in [2.75, 3.05) is 13.1 Å². The Bertz CT molecular complexity index is 158. The first kappa shape index (κ1) is 12.0. The summed E-state index contributed by atoms with van der Waals surface area (Å²) in [7, 11) is 0. The average molecular weight is 198 g/mol. The quantitative estimate of drug-likeness (QED) is 0.752. The minimum atomic E-state index is 0.397. The molecule has 1 heterocycles. The van der Waals surface area contributed by atoms with E-state index in [2.05, 4.69) is 32.6 Å². The molecule has 1 fully saturated rings. The lowest BCUT2D eigenvalue weighted by Gasteiger charge is -2.39. The molecule has 0 radical (unpaired) electrons. The minimum absolute atomic E-state index is 0.397. The average Bonchev–Trinajstić information content (AvgIpc) is 2.00. The van der Waals surface area contributed by atoms with Gasteiger partial charge in [0, 0.05) is 25.2 Å². The molecule has 0 aromatic heterocycles. The maximum absolute atomic E-state index is 6.04. The van der Waals surface area contributed by atoms with Crippen molar-refractivity contribution < 1.29 is 0 Å². The van der Waals surface area contributed by atoms with E-state index in [1.165, 1.54) is 19.4 Å². The van der Waals surface area contributed by atoms with Crippen LogP contribution >= 0.6 is 0 Å². The van der Waals surface area contributed by atoms with Crippen LogP contribution in [0.4, 0.5) is 0 Å². The maximum atomic E-state index is 6.04. The first-order valence-electron chi connectivity index (χ1n) is 5.98. The molecule has 0 amide bonds. The zero-order valence-corrected chi connectivity index (χ0v) is 10.2. The molecule has 2 N–H and O–H groups in total. The molecule has 3 unspecified atom stereocenters.